The van der Waals surface area contributed by atoms with Gasteiger partial charge in [-0.15, -0.1) is 0 Å². The van der Waals surface area contributed by atoms with Crippen LogP contribution in [-0.4, -0.2) is 19.6 Å². The molecule has 1 aromatic carbocycles. The molecule has 1 aliphatic heterocycles. The van der Waals surface area contributed by atoms with Crippen LogP contribution in [0.1, 0.15) is 51.9 Å². The van der Waals surface area contributed by atoms with Gasteiger partial charge in [-0.05, 0) is 61.8 Å². The molecule has 0 aromatic heterocycles. The van der Waals surface area contributed by atoms with Gasteiger partial charge >= 0.3 is 0 Å². The highest BCUT2D eigenvalue weighted by Crippen LogP contribution is 2.26. The Hall–Kier alpha value is -1.18. The summed E-state index contributed by atoms with van der Waals surface area (Å²) < 4.78 is 0. The molecular weight excluding hydrogens is 256 g/mol. The number of benzene rings is 1. The zero-order chi connectivity index (χ0) is 14.5. The normalized spacial score (nSPS) is 21.5. The van der Waals surface area contributed by atoms with Crippen LogP contribution in [0.3, 0.4) is 0 Å². The summed E-state index contributed by atoms with van der Waals surface area (Å²) in [5.74, 6) is 1.79. The second-order valence-corrected chi connectivity index (χ2v) is 7.10. The summed E-state index contributed by atoms with van der Waals surface area (Å²) in [4.78, 5) is 2.53. The zero-order valence-electron chi connectivity index (χ0n) is 13.5. The topological polar surface area (TPSA) is 15.3 Å². The molecule has 1 aliphatic carbocycles. The minimum absolute atomic E-state index is 0.891. The Labute approximate surface area is 129 Å². The van der Waals surface area contributed by atoms with Gasteiger partial charge < -0.3 is 10.2 Å². The molecule has 0 unspecified atom stereocenters. The fourth-order valence-corrected chi connectivity index (χ4v) is 3.71. The third-order valence-electron chi connectivity index (χ3n) is 5.34. The molecule has 0 atom stereocenters. The van der Waals surface area contributed by atoms with Crippen molar-refractivity contribution in [2.24, 2.45) is 11.8 Å². The molecule has 0 bridgehead atoms. The number of hydrogen-bond donors (Lipinski definition) is 1. The smallest absolute Gasteiger partial charge is 0.0367 e. The average molecular weight is 286 g/mol. The van der Waals surface area contributed by atoms with E-state index < -0.39 is 0 Å². The van der Waals surface area contributed by atoms with Gasteiger partial charge in [0.2, 0.25) is 0 Å². The highest BCUT2D eigenvalue weighted by atomic mass is 15.1. The van der Waals surface area contributed by atoms with Crippen molar-refractivity contribution >= 4 is 11.4 Å². The van der Waals surface area contributed by atoms with E-state index in [1.165, 1.54) is 69.4 Å². The van der Waals surface area contributed by atoms with Crippen LogP contribution in [0, 0.1) is 11.8 Å². The molecule has 2 heteroatoms. The Morgan fingerprint density at radius 2 is 1.62 bits per heavy atom. The van der Waals surface area contributed by atoms with E-state index in [0.717, 1.165) is 18.4 Å². The van der Waals surface area contributed by atoms with E-state index in [1.807, 2.05) is 0 Å². The predicted octanol–water partition coefficient (Wildman–Crippen LogP) is 4.92. The highest BCUT2D eigenvalue weighted by Gasteiger charge is 2.16. The molecule has 2 aliphatic rings. The SMILES string of the molecule is CC1CCN(c2ccc(NCC3CCCCC3)cc2)CC1. The van der Waals surface area contributed by atoms with Gasteiger partial charge in [0.25, 0.3) is 0 Å². The molecule has 2 nitrogen and oxygen atoms in total. The van der Waals surface area contributed by atoms with Crippen LogP contribution in [-0.2, 0) is 0 Å². The Bertz CT molecular complexity index is 412. The molecule has 0 spiro atoms. The number of nitrogens with zero attached hydrogens (tertiary/aromatic N) is 1. The minimum Gasteiger partial charge on any atom is -0.385 e. The molecule has 0 radical (unpaired) electrons. The van der Waals surface area contributed by atoms with Crippen LogP contribution in [0.5, 0.6) is 0 Å². The standard InChI is InChI=1S/C19H30N2/c1-16-11-13-21(14-12-16)19-9-7-18(8-10-19)20-15-17-5-3-2-4-6-17/h7-10,16-17,20H,2-6,11-15H2,1H3. The van der Waals surface area contributed by atoms with Crippen LogP contribution in [0.15, 0.2) is 24.3 Å². The van der Waals surface area contributed by atoms with Gasteiger partial charge in [-0.1, -0.05) is 26.2 Å². The van der Waals surface area contributed by atoms with Gasteiger partial charge in [0, 0.05) is 31.0 Å². The van der Waals surface area contributed by atoms with E-state index >= 15 is 0 Å². The molecule has 1 saturated carbocycles. The molecule has 1 saturated heterocycles. The molecule has 21 heavy (non-hydrogen) atoms. The first-order chi connectivity index (χ1) is 10.3. The van der Waals surface area contributed by atoms with Crippen LogP contribution < -0.4 is 10.2 Å². The summed E-state index contributed by atoms with van der Waals surface area (Å²) in [5.41, 5.74) is 2.68. The monoisotopic (exact) mass is 286 g/mol. The Kier molecular flexibility index (Phi) is 5.05. The van der Waals surface area contributed by atoms with E-state index in [9.17, 15) is 0 Å². The number of nitrogens with one attached hydrogen (secondary N) is 1. The van der Waals surface area contributed by atoms with Crippen molar-refractivity contribution in [1.82, 2.24) is 0 Å². The fraction of sp³-hybridized carbons (Fsp3) is 0.684. The minimum atomic E-state index is 0.891. The zero-order valence-corrected chi connectivity index (χ0v) is 13.5. The van der Waals surface area contributed by atoms with Crippen molar-refractivity contribution in [2.45, 2.75) is 51.9 Å². The summed E-state index contributed by atoms with van der Waals surface area (Å²) in [7, 11) is 0. The van der Waals surface area contributed by atoms with E-state index in [0.29, 0.717) is 0 Å². The lowest BCUT2D eigenvalue weighted by molar-refractivity contribution is 0.373. The lowest BCUT2D eigenvalue weighted by atomic mass is 9.89. The van der Waals surface area contributed by atoms with E-state index in [4.69, 9.17) is 0 Å². The van der Waals surface area contributed by atoms with Crippen LogP contribution in [0.4, 0.5) is 11.4 Å². The Balaban J connectivity index is 1.49. The lowest BCUT2D eigenvalue weighted by Gasteiger charge is -2.32. The molecule has 1 heterocycles. The summed E-state index contributed by atoms with van der Waals surface area (Å²) >= 11 is 0. The first-order valence-electron chi connectivity index (χ1n) is 8.90. The third-order valence-corrected chi connectivity index (χ3v) is 5.34. The van der Waals surface area contributed by atoms with Gasteiger partial charge in [-0.25, -0.2) is 0 Å². The van der Waals surface area contributed by atoms with Crippen LogP contribution in [0.25, 0.3) is 0 Å². The largest absolute Gasteiger partial charge is 0.385 e. The average Bonchev–Trinajstić information content (AvgIpc) is 2.55. The summed E-state index contributed by atoms with van der Waals surface area (Å²) in [6.45, 7) is 5.96. The van der Waals surface area contributed by atoms with Gasteiger partial charge in [-0.3, -0.25) is 0 Å². The Morgan fingerprint density at radius 1 is 0.952 bits per heavy atom. The fourth-order valence-electron chi connectivity index (χ4n) is 3.71. The molecular formula is C19H30N2. The highest BCUT2D eigenvalue weighted by molar-refractivity contribution is 5.55. The van der Waals surface area contributed by atoms with Crippen molar-refractivity contribution in [2.75, 3.05) is 29.9 Å². The van der Waals surface area contributed by atoms with E-state index in [-0.39, 0.29) is 0 Å². The van der Waals surface area contributed by atoms with Gasteiger partial charge in [0.1, 0.15) is 0 Å². The molecule has 1 aromatic rings. The molecule has 116 valence electrons. The van der Waals surface area contributed by atoms with Crippen LogP contribution >= 0.6 is 0 Å². The maximum atomic E-state index is 3.63. The third kappa shape index (κ3) is 4.15. The van der Waals surface area contributed by atoms with Crippen molar-refractivity contribution in [3.05, 3.63) is 24.3 Å². The number of hydrogen-bond acceptors (Lipinski definition) is 2. The Morgan fingerprint density at radius 3 is 2.29 bits per heavy atom. The summed E-state index contributed by atoms with van der Waals surface area (Å²) in [6, 6.07) is 9.10. The second kappa shape index (κ2) is 7.20. The quantitative estimate of drug-likeness (QED) is 0.845. The number of piperidine rings is 1. The molecule has 3 rings (SSSR count). The molecule has 2 fully saturated rings. The summed E-state index contributed by atoms with van der Waals surface area (Å²) in [6.07, 6.45) is 9.80. The second-order valence-electron chi connectivity index (χ2n) is 7.10. The predicted molar refractivity (Wildman–Crippen MR) is 92.1 cm³/mol. The van der Waals surface area contributed by atoms with Crippen molar-refractivity contribution in [3.63, 3.8) is 0 Å². The van der Waals surface area contributed by atoms with Crippen LogP contribution in [0.2, 0.25) is 0 Å². The number of rotatable bonds is 4. The van der Waals surface area contributed by atoms with Crippen molar-refractivity contribution < 1.29 is 0 Å². The molecule has 1 N–H and O–H groups in total. The van der Waals surface area contributed by atoms with Crippen molar-refractivity contribution in [1.29, 1.82) is 0 Å². The maximum Gasteiger partial charge on any atom is 0.0367 e. The van der Waals surface area contributed by atoms with Crippen molar-refractivity contribution in [3.8, 4) is 0 Å². The first kappa shape index (κ1) is 14.7. The van der Waals surface area contributed by atoms with E-state index in [1.54, 1.807) is 0 Å². The van der Waals surface area contributed by atoms with Gasteiger partial charge in [0.05, 0.1) is 0 Å². The molecule has 0 amide bonds. The van der Waals surface area contributed by atoms with E-state index in [2.05, 4.69) is 41.4 Å². The summed E-state index contributed by atoms with van der Waals surface area (Å²) in [5, 5.41) is 3.63. The lowest BCUT2D eigenvalue weighted by Crippen LogP contribution is -2.32. The van der Waals surface area contributed by atoms with Gasteiger partial charge in [-0.2, -0.15) is 0 Å². The van der Waals surface area contributed by atoms with Gasteiger partial charge in [0.15, 0.2) is 0 Å². The maximum absolute atomic E-state index is 3.63. The number of anilines is 2. The first-order valence-corrected chi connectivity index (χ1v) is 8.90.